The number of halogens is 1. The molecule has 0 heterocycles. The third-order valence-electron chi connectivity index (χ3n) is 2.09. The van der Waals surface area contributed by atoms with Gasteiger partial charge in [-0.2, -0.15) is 0 Å². The van der Waals surface area contributed by atoms with Crippen LogP contribution in [-0.4, -0.2) is 6.04 Å². The number of allylic oxidation sites excluding steroid dienone is 5. The minimum atomic E-state index is -0.413. The van der Waals surface area contributed by atoms with Crippen LogP contribution in [0.2, 0.25) is 0 Å². The molecule has 0 unspecified atom stereocenters. The van der Waals surface area contributed by atoms with Gasteiger partial charge in [0.05, 0.1) is 5.70 Å². The van der Waals surface area contributed by atoms with Crippen LogP contribution in [0, 0.1) is 0 Å². The van der Waals surface area contributed by atoms with Crippen molar-refractivity contribution in [3.05, 3.63) is 47.6 Å². The molecule has 0 bridgehead atoms. The van der Waals surface area contributed by atoms with Crippen molar-refractivity contribution in [2.24, 2.45) is 5.73 Å². The second kappa shape index (κ2) is 7.71. The number of hydrogen-bond acceptors (Lipinski definition) is 2. The Morgan fingerprint density at radius 3 is 2.53 bits per heavy atom. The first-order valence-electron chi connectivity index (χ1n) is 5.84. The normalized spacial score (nSPS) is 14.1. The predicted octanol–water partition coefficient (Wildman–Crippen LogP) is 3.55. The smallest absolute Gasteiger partial charge is 0.145 e. The van der Waals surface area contributed by atoms with E-state index in [-0.39, 0.29) is 5.70 Å². The van der Waals surface area contributed by atoms with Crippen molar-refractivity contribution < 1.29 is 4.39 Å². The topological polar surface area (TPSA) is 38.0 Å². The van der Waals surface area contributed by atoms with Gasteiger partial charge in [-0.1, -0.05) is 19.6 Å². The van der Waals surface area contributed by atoms with Crippen molar-refractivity contribution in [2.45, 2.75) is 40.2 Å². The van der Waals surface area contributed by atoms with Gasteiger partial charge in [0.25, 0.3) is 0 Å². The molecule has 0 amide bonds. The van der Waals surface area contributed by atoms with Crippen LogP contribution in [-0.2, 0) is 0 Å². The second-order valence-corrected chi connectivity index (χ2v) is 4.22. The Kier molecular flexibility index (Phi) is 7.03. The Bertz CT molecular complexity index is 349. The Labute approximate surface area is 104 Å². The van der Waals surface area contributed by atoms with Gasteiger partial charge in [-0.05, 0) is 44.9 Å². The van der Waals surface area contributed by atoms with Crippen LogP contribution >= 0.6 is 0 Å². The van der Waals surface area contributed by atoms with E-state index in [1.54, 1.807) is 12.2 Å². The molecule has 0 aromatic rings. The third kappa shape index (κ3) is 6.61. The molecular weight excluding hydrogens is 215 g/mol. The van der Waals surface area contributed by atoms with Gasteiger partial charge in [0.1, 0.15) is 5.83 Å². The van der Waals surface area contributed by atoms with E-state index in [9.17, 15) is 4.39 Å². The zero-order valence-corrected chi connectivity index (χ0v) is 11.2. The maximum absolute atomic E-state index is 13.4. The van der Waals surface area contributed by atoms with Gasteiger partial charge in [0.2, 0.25) is 0 Å². The number of nitrogens with two attached hydrogens (primary N) is 1. The van der Waals surface area contributed by atoms with Gasteiger partial charge >= 0.3 is 0 Å². The molecule has 96 valence electrons. The van der Waals surface area contributed by atoms with Crippen LogP contribution in [0.15, 0.2) is 47.6 Å². The third-order valence-corrected chi connectivity index (χ3v) is 2.09. The molecule has 0 aliphatic rings. The molecule has 0 aliphatic heterocycles. The van der Waals surface area contributed by atoms with E-state index < -0.39 is 5.83 Å². The van der Waals surface area contributed by atoms with Crippen molar-refractivity contribution in [3.63, 3.8) is 0 Å². The summed E-state index contributed by atoms with van der Waals surface area (Å²) in [6.45, 7) is 11.7. The van der Waals surface area contributed by atoms with Crippen molar-refractivity contribution in [1.29, 1.82) is 0 Å². The average molecular weight is 238 g/mol. The minimum absolute atomic E-state index is 0.124. The SMILES string of the molecule is C=C(NC(C)C)/C(C)=C/C(N)=C(F)\C=C\CC. The lowest BCUT2D eigenvalue weighted by molar-refractivity contribution is 0.654. The Hall–Kier alpha value is -1.51. The van der Waals surface area contributed by atoms with Crippen molar-refractivity contribution >= 4 is 0 Å². The molecule has 0 saturated heterocycles. The summed E-state index contributed by atoms with van der Waals surface area (Å²) in [5, 5.41) is 3.15. The summed E-state index contributed by atoms with van der Waals surface area (Å²) in [4.78, 5) is 0. The first kappa shape index (κ1) is 15.5. The minimum Gasteiger partial charge on any atom is -0.396 e. The summed E-state index contributed by atoms with van der Waals surface area (Å²) in [7, 11) is 0. The molecule has 3 N–H and O–H groups in total. The van der Waals surface area contributed by atoms with Crippen molar-refractivity contribution in [3.8, 4) is 0 Å². The van der Waals surface area contributed by atoms with Gasteiger partial charge < -0.3 is 11.1 Å². The highest BCUT2D eigenvalue weighted by molar-refractivity contribution is 5.35. The Morgan fingerprint density at radius 2 is 2.06 bits per heavy atom. The van der Waals surface area contributed by atoms with Crippen LogP contribution < -0.4 is 11.1 Å². The summed E-state index contributed by atoms with van der Waals surface area (Å²) in [5.41, 5.74) is 7.35. The monoisotopic (exact) mass is 238 g/mol. The summed E-state index contributed by atoms with van der Waals surface area (Å²) < 4.78 is 13.4. The molecular formula is C14H23FN2. The van der Waals surface area contributed by atoms with E-state index >= 15 is 0 Å². The van der Waals surface area contributed by atoms with Gasteiger partial charge in [-0.3, -0.25) is 0 Å². The largest absolute Gasteiger partial charge is 0.396 e. The lowest BCUT2D eigenvalue weighted by Crippen LogP contribution is -2.22. The highest BCUT2D eigenvalue weighted by Gasteiger charge is 2.01. The highest BCUT2D eigenvalue weighted by Crippen LogP contribution is 2.11. The zero-order valence-electron chi connectivity index (χ0n) is 11.2. The summed E-state index contributed by atoms with van der Waals surface area (Å²) in [6, 6.07) is 0.292. The molecule has 0 aromatic heterocycles. The Morgan fingerprint density at radius 1 is 1.47 bits per heavy atom. The molecule has 0 saturated carbocycles. The van der Waals surface area contributed by atoms with Gasteiger partial charge in [0, 0.05) is 11.7 Å². The molecule has 0 spiro atoms. The van der Waals surface area contributed by atoms with Gasteiger partial charge in [-0.25, -0.2) is 4.39 Å². The van der Waals surface area contributed by atoms with Crippen LogP contribution in [0.4, 0.5) is 4.39 Å². The van der Waals surface area contributed by atoms with Gasteiger partial charge in [-0.15, -0.1) is 0 Å². The lowest BCUT2D eigenvalue weighted by Gasteiger charge is -2.13. The van der Waals surface area contributed by atoms with Crippen molar-refractivity contribution in [1.82, 2.24) is 5.32 Å². The molecule has 2 nitrogen and oxygen atoms in total. The zero-order chi connectivity index (χ0) is 13.4. The molecule has 0 rings (SSSR count). The molecule has 0 aromatic carbocycles. The maximum atomic E-state index is 13.4. The van der Waals surface area contributed by atoms with Crippen LogP contribution in [0.1, 0.15) is 34.1 Å². The fourth-order valence-electron chi connectivity index (χ4n) is 1.17. The summed E-state index contributed by atoms with van der Waals surface area (Å²) in [6.07, 6.45) is 5.49. The fraction of sp³-hybridized carbons (Fsp3) is 0.429. The molecule has 17 heavy (non-hydrogen) atoms. The van der Waals surface area contributed by atoms with E-state index in [1.807, 2.05) is 27.7 Å². The maximum Gasteiger partial charge on any atom is 0.145 e. The van der Waals surface area contributed by atoms with E-state index in [0.717, 1.165) is 17.7 Å². The first-order chi connectivity index (χ1) is 7.88. The predicted molar refractivity (Wildman–Crippen MR) is 72.9 cm³/mol. The number of rotatable bonds is 6. The van der Waals surface area contributed by atoms with E-state index in [1.165, 1.54) is 6.08 Å². The summed E-state index contributed by atoms with van der Waals surface area (Å²) >= 11 is 0. The number of nitrogens with one attached hydrogen (secondary N) is 1. The van der Waals surface area contributed by atoms with Crippen LogP contribution in [0.5, 0.6) is 0 Å². The molecule has 0 radical (unpaired) electrons. The highest BCUT2D eigenvalue weighted by atomic mass is 19.1. The van der Waals surface area contributed by atoms with Gasteiger partial charge in [0.15, 0.2) is 0 Å². The number of hydrogen-bond donors (Lipinski definition) is 2. The molecule has 0 atom stereocenters. The Balaban J connectivity index is 4.77. The standard InChI is InChI=1S/C14H23FN2/c1-6-7-8-13(15)14(16)9-11(4)12(5)17-10(2)3/h7-10,17H,5-6,16H2,1-4H3/b8-7+,11-9+,14-13-. The van der Waals surface area contributed by atoms with E-state index in [0.29, 0.717) is 6.04 Å². The molecule has 0 fully saturated rings. The first-order valence-corrected chi connectivity index (χ1v) is 5.84. The quantitative estimate of drug-likeness (QED) is 0.694. The molecule has 3 heteroatoms. The molecule has 0 aliphatic carbocycles. The lowest BCUT2D eigenvalue weighted by atomic mass is 10.1. The van der Waals surface area contributed by atoms with E-state index in [4.69, 9.17) is 5.73 Å². The van der Waals surface area contributed by atoms with Crippen molar-refractivity contribution in [2.75, 3.05) is 0 Å². The second-order valence-electron chi connectivity index (χ2n) is 4.22. The van der Waals surface area contributed by atoms with E-state index in [2.05, 4.69) is 11.9 Å². The average Bonchev–Trinajstić information content (AvgIpc) is 2.24. The fourth-order valence-corrected chi connectivity index (χ4v) is 1.17. The van der Waals surface area contributed by atoms with Crippen LogP contribution in [0.25, 0.3) is 0 Å². The summed E-state index contributed by atoms with van der Waals surface area (Å²) in [5.74, 6) is -0.413. The van der Waals surface area contributed by atoms with Crippen LogP contribution in [0.3, 0.4) is 0 Å².